The van der Waals surface area contributed by atoms with Crippen molar-refractivity contribution in [2.75, 3.05) is 18.6 Å². The lowest BCUT2D eigenvalue weighted by molar-refractivity contribution is -0.139. The van der Waals surface area contributed by atoms with Gasteiger partial charge in [0.2, 0.25) is 0 Å². The molecule has 0 radical (unpaired) electrons. The summed E-state index contributed by atoms with van der Waals surface area (Å²) in [6, 6.07) is 11.6. The lowest BCUT2D eigenvalue weighted by Gasteiger charge is -2.14. The number of carboxylic acids is 1. The van der Waals surface area contributed by atoms with Crippen molar-refractivity contribution in [3.05, 3.63) is 58.5 Å². The van der Waals surface area contributed by atoms with Crippen molar-refractivity contribution in [1.29, 1.82) is 0 Å². The van der Waals surface area contributed by atoms with Crippen molar-refractivity contribution < 1.29 is 29.0 Å². The number of carbonyl (C=O) groups is 3. The maximum atomic E-state index is 12.9. The van der Waals surface area contributed by atoms with Crippen LogP contribution >= 0.6 is 24.0 Å². The van der Waals surface area contributed by atoms with E-state index in [0.717, 1.165) is 0 Å². The average molecular weight is 444 g/mol. The Labute approximate surface area is 182 Å². The molecule has 0 aromatic heterocycles. The number of ketones is 1. The van der Waals surface area contributed by atoms with E-state index in [1.54, 1.807) is 48.5 Å². The molecule has 1 heterocycles. The molecule has 0 aliphatic carbocycles. The number of methoxy groups -OCH3 is 1. The van der Waals surface area contributed by atoms with E-state index in [4.69, 9.17) is 26.8 Å². The van der Waals surface area contributed by atoms with E-state index in [0.29, 0.717) is 31.8 Å². The van der Waals surface area contributed by atoms with E-state index in [1.807, 2.05) is 0 Å². The summed E-state index contributed by atoms with van der Waals surface area (Å²) >= 11 is 6.53. The number of amides is 1. The van der Waals surface area contributed by atoms with Gasteiger partial charge in [-0.2, -0.15) is 0 Å². The fourth-order valence-corrected chi connectivity index (χ4v) is 4.02. The zero-order valence-electron chi connectivity index (χ0n) is 16.1. The molecule has 7 nitrogen and oxygen atoms in total. The van der Waals surface area contributed by atoms with Gasteiger partial charge in [-0.3, -0.25) is 14.5 Å². The van der Waals surface area contributed by atoms with E-state index in [1.165, 1.54) is 30.7 Å². The molecule has 0 spiro atoms. The van der Waals surface area contributed by atoms with Crippen LogP contribution in [0.3, 0.4) is 0 Å². The summed E-state index contributed by atoms with van der Waals surface area (Å²) < 4.78 is 10.8. The lowest BCUT2D eigenvalue weighted by Crippen LogP contribution is -2.27. The van der Waals surface area contributed by atoms with Crippen LogP contribution in [0, 0.1) is 0 Å². The Balaban J connectivity index is 1.84. The molecule has 30 heavy (non-hydrogen) atoms. The standard InChI is InChI=1S/C21H17NO6S2/c1-12(23)14-4-6-15(7-5-14)22-20(26)18(30-21(22)29)10-13-3-8-16(17(9-13)27-2)28-11-19(24)25/h3-10H,11H2,1-2H3,(H,24,25)/b18-10+. The molecule has 0 bridgehead atoms. The predicted molar refractivity (Wildman–Crippen MR) is 118 cm³/mol. The molecule has 3 rings (SSSR count). The Bertz CT molecular complexity index is 1060. The summed E-state index contributed by atoms with van der Waals surface area (Å²) in [5, 5.41) is 8.75. The minimum atomic E-state index is -1.10. The van der Waals surface area contributed by atoms with E-state index < -0.39 is 12.6 Å². The number of benzene rings is 2. The second kappa shape index (κ2) is 9.10. The predicted octanol–water partition coefficient (Wildman–Crippen LogP) is 3.77. The van der Waals surface area contributed by atoms with Crippen molar-refractivity contribution in [3.63, 3.8) is 0 Å². The molecule has 1 fully saturated rings. The van der Waals surface area contributed by atoms with Gasteiger partial charge in [0.25, 0.3) is 5.91 Å². The second-order valence-electron chi connectivity index (χ2n) is 6.21. The Kier molecular flexibility index (Phi) is 6.53. The molecular weight excluding hydrogens is 426 g/mol. The van der Waals surface area contributed by atoms with E-state index in [9.17, 15) is 14.4 Å². The first-order valence-corrected chi connectivity index (χ1v) is 9.94. The van der Waals surface area contributed by atoms with Gasteiger partial charge < -0.3 is 14.6 Å². The minimum Gasteiger partial charge on any atom is -0.493 e. The number of Topliss-reactive ketones (excluding diaryl/α,β-unsaturated/α-hetero) is 1. The third kappa shape index (κ3) is 4.69. The van der Waals surface area contributed by atoms with Crippen LogP contribution in [-0.4, -0.2) is 40.8 Å². The minimum absolute atomic E-state index is 0.0587. The molecule has 9 heteroatoms. The van der Waals surface area contributed by atoms with Gasteiger partial charge in [0, 0.05) is 5.56 Å². The van der Waals surface area contributed by atoms with Crippen molar-refractivity contribution in [2.45, 2.75) is 6.92 Å². The summed E-state index contributed by atoms with van der Waals surface area (Å²) in [7, 11) is 1.44. The second-order valence-corrected chi connectivity index (χ2v) is 7.89. The van der Waals surface area contributed by atoms with Gasteiger partial charge in [-0.25, -0.2) is 4.79 Å². The van der Waals surface area contributed by atoms with Crippen LogP contribution in [0.4, 0.5) is 5.69 Å². The van der Waals surface area contributed by atoms with E-state index in [-0.39, 0.29) is 17.4 Å². The number of carbonyl (C=O) groups excluding carboxylic acids is 2. The number of aliphatic carboxylic acids is 1. The maximum Gasteiger partial charge on any atom is 0.341 e. The molecule has 1 amide bonds. The number of ether oxygens (including phenoxy) is 2. The maximum absolute atomic E-state index is 12.9. The van der Waals surface area contributed by atoms with E-state index >= 15 is 0 Å². The molecule has 2 aromatic carbocycles. The highest BCUT2D eigenvalue weighted by Crippen LogP contribution is 2.37. The third-order valence-electron chi connectivity index (χ3n) is 4.16. The van der Waals surface area contributed by atoms with Crippen LogP contribution in [0.15, 0.2) is 47.4 Å². The van der Waals surface area contributed by atoms with Gasteiger partial charge in [0.15, 0.2) is 28.2 Å². The molecule has 1 aliphatic heterocycles. The molecular formula is C21H17NO6S2. The van der Waals surface area contributed by atoms with Crippen molar-refractivity contribution in [2.24, 2.45) is 0 Å². The Morgan fingerprint density at radius 3 is 2.47 bits per heavy atom. The Morgan fingerprint density at radius 1 is 1.17 bits per heavy atom. The summed E-state index contributed by atoms with van der Waals surface area (Å²) in [6.07, 6.45) is 1.67. The van der Waals surface area contributed by atoms with Crippen LogP contribution in [0.1, 0.15) is 22.8 Å². The Hall–Kier alpha value is -3.17. The summed E-state index contributed by atoms with van der Waals surface area (Å²) in [5.41, 5.74) is 1.81. The first kappa shape index (κ1) is 21.5. The van der Waals surface area contributed by atoms with Gasteiger partial charge >= 0.3 is 5.97 Å². The van der Waals surface area contributed by atoms with Crippen molar-refractivity contribution >= 4 is 57.7 Å². The average Bonchev–Trinajstić information content (AvgIpc) is 2.99. The van der Waals surface area contributed by atoms with Crippen LogP contribution in [0.25, 0.3) is 6.08 Å². The van der Waals surface area contributed by atoms with Crippen LogP contribution < -0.4 is 14.4 Å². The van der Waals surface area contributed by atoms with Crippen molar-refractivity contribution in [3.8, 4) is 11.5 Å². The van der Waals surface area contributed by atoms with Gasteiger partial charge in [-0.1, -0.05) is 30.0 Å². The number of hydrogen-bond acceptors (Lipinski definition) is 7. The number of anilines is 1. The highest BCUT2D eigenvalue weighted by Gasteiger charge is 2.33. The Morgan fingerprint density at radius 2 is 1.87 bits per heavy atom. The molecule has 0 unspecified atom stereocenters. The molecule has 0 atom stereocenters. The molecule has 154 valence electrons. The largest absolute Gasteiger partial charge is 0.493 e. The van der Waals surface area contributed by atoms with Gasteiger partial charge in [-0.15, -0.1) is 0 Å². The zero-order chi connectivity index (χ0) is 21.8. The monoisotopic (exact) mass is 443 g/mol. The van der Waals surface area contributed by atoms with Crippen LogP contribution in [0.2, 0.25) is 0 Å². The number of carboxylic acid groups (broad SMARTS) is 1. The van der Waals surface area contributed by atoms with E-state index in [2.05, 4.69) is 0 Å². The first-order chi connectivity index (χ1) is 14.3. The summed E-state index contributed by atoms with van der Waals surface area (Å²) in [4.78, 5) is 36.9. The smallest absolute Gasteiger partial charge is 0.341 e. The molecule has 2 aromatic rings. The molecule has 0 saturated carbocycles. The van der Waals surface area contributed by atoms with Gasteiger partial charge in [0.05, 0.1) is 17.7 Å². The fraction of sp³-hybridized carbons (Fsp3) is 0.143. The quantitative estimate of drug-likeness (QED) is 0.393. The highest BCUT2D eigenvalue weighted by molar-refractivity contribution is 8.27. The number of nitrogens with zero attached hydrogens (tertiary/aromatic N) is 1. The van der Waals surface area contributed by atoms with Gasteiger partial charge in [0.1, 0.15) is 0 Å². The molecule has 1 saturated heterocycles. The molecule has 1 N–H and O–H groups in total. The highest BCUT2D eigenvalue weighted by atomic mass is 32.2. The lowest BCUT2D eigenvalue weighted by atomic mass is 10.1. The number of hydrogen-bond donors (Lipinski definition) is 1. The molecule has 1 aliphatic rings. The zero-order valence-corrected chi connectivity index (χ0v) is 17.7. The first-order valence-electron chi connectivity index (χ1n) is 8.71. The summed E-state index contributed by atoms with van der Waals surface area (Å²) in [6.45, 7) is 0.986. The topological polar surface area (TPSA) is 93.1 Å². The van der Waals surface area contributed by atoms with Crippen LogP contribution in [-0.2, 0) is 9.59 Å². The van der Waals surface area contributed by atoms with Crippen LogP contribution in [0.5, 0.6) is 11.5 Å². The summed E-state index contributed by atoms with van der Waals surface area (Å²) in [5.74, 6) is -0.793. The SMILES string of the molecule is COc1cc(/C=C2/SC(=S)N(c3ccc(C(C)=O)cc3)C2=O)ccc1OCC(=O)O. The van der Waals surface area contributed by atoms with Crippen molar-refractivity contribution in [1.82, 2.24) is 0 Å². The third-order valence-corrected chi connectivity index (χ3v) is 5.46. The number of thioether (sulfide) groups is 1. The number of thiocarbonyl (C=S) groups is 1. The normalized spacial score (nSPS) is 14.9. The number of rotatable bonds is 7. The van der Waals surface area contributed by atoms with Gasteiger partial charge in [-0.05, 0) is 55.0 Å². The fourth-order valence-electron chi connectivity index (χ4n) is 2.72.